The fraction of sp³-hybridized carbons (Fsp3) is 0.588. The van der Waals surface area contributed by atoms with Gasteiger partial charge in [0.25, 0.3) is 0 Å². The second kappa shape index (κ2) is 8.32. The van der Waals surface area contributed by atoms with Crippen LogP contribution in [0.4, 0.5) is 10.5 Å². The summed E-state index contributed by atoms with van der Waals surface area (Å²) in [7, 11) is -0.896. The Bertz CT molecular complexity index is 531. The average Bonchev–Trinajstić information content (AvgIpc) is 2.48. The third-order valence-corrected chi connectivity index (χ3v) is 5.18. The summed E-state index contributed by atoms with van der Waals surface area (Å²) in [5, 5.41) is 6.04. The van der Waals surface area contributed by atoms with Gasteiger partial charge in [0.05, 0.1) is 0 Å². The molecule has 1 atom stereocenters. The minimum atomic E-state index is -0.896. The first-order valence-electron chi connectivity index (χ1n) is 7.85. The minimum absolute atomic E-state index is 0.152. The van der Waals surface area contributed by atoms with E-state index >= 15 is 0 Å². The summed E-state index contributed by atoms with van der Waals surface area (Å²) in [6.45, 7) is 8.23. The lowest BCUT2D eigenvalue weighted by Crippen LogP contribution is -2.48. The van der Waals surface area contributed by atoms with Gasteiger partial charge in [0, 0.05) is 34.0 Å². The van der Waals surface area contributed by atoms with Gasteiger partial charge in [0.1, 0.15) is 0 Å². The Labute approximate surface area is 136 Å². The summed E-state index contributed by atoms with van der Waals surface area (Å²) >= 11 is 0. The monoisotopic (exact) mass is 324 g/mol. The number of anilines is 1. The van der Waals surface area contributed by atoms with E-state index in [0.717, 1.165) is 36.1 Å². The van der Waals surface area contributed by atoms with E-state index in [-0.39, 0.29) is 11.6 Å². The zero-order valence-corrected chi connectivity index (χ0v) is 15.1. The van der Waals surface area contributed by atoms with E-state index < -0.39 is 10.8 Å². The highest BCUT2D eigenvalue weighted by molar-refractivity contribution is 7.83. The molecule has 2 N–H and O–H groups in total. The Morgan fingerprint density at radius 3 is 2.27 bits per heavy atom. The number of rotatable bonds is 7. The van der Waals surface area contributed by atoms with Gasteiger partial charge in [-0.15, -0.1) is 0 Å². The van der Waals surface area contributed by atoms with E-state index in [2.05, 4.69) is 31.4 Å². The minimum Gasteiger partial charge on any atom is -0.332 e. The van der Waals surface area contributed by atoms with Crippen LogP contribution in [0.5, 0.6) is 0 Å². The maximum Gasteiger partial charge on any atom is 0.319 e. The Morgan fingerprint density at radius 2 is 1.77 bits per heavy atom. The van der Waals surface area contributed by atoms with Crippen LogP contribution in [0.3, 0.4) is 0 Å². The zero-order valence-electron chi connectivity index (χ0n) is 14.3. The summed E-state index contributed by atoms with van der Waals surface area (Å²) in [5.74, 6) is 0.506. The predicted molar refractivity (Wildman–Crippen MR) is 94.7 cm³/mol. The van der Waals surface area contributed by atoms with Gasteiger partial charge in [0.15, 0.2) is 0 Å². The summed E-state index contributed by atoms with van der Waals surface area (Å²) in [4.78, 5) is 12.3. The van der Waals surface area contributed by atoms with Crippen molar-refractivity contribution >= 4 is 22.5 Å². The largest absolute Gasteiger partial charge is 0.332 e. The Morgan fingerprint density at radius 1 is 1.18 bits per heavy atom. The molecule has 0 aliphatic heterocycles. The first kappa shape index (κ1) is 18.7. The number of carbonyl (C=O) groups excluding carboxylic acids is 1. The summed E-state index contributed by atoms with van der Waals surface area (Å²) in [6.07, 6.45) is 4.40. The molecule has 5 heteroatoms. The number of hydrogen-bond acceptors (Lipinski definition) is 2. The quantitative estimate of drug-likeness (QED) is 0.797. The van der Waals surface area contributed by atoms with Crippen LogP contribution in [0, 0.1) is 6.92 Å². The van der Waals surface area contributed by atoms with Gasteiger partial charge < -0.3 is 10.6 Å². The molecule has 1 rings (SSSR count). The van der Waals surface area contributed by atoms with Crippen LogP contribution in [0.15, 0.2) is 18.2 Å². The molecule has 1 aromatic rings. The first-order chi connectivity index (χ1) is 10.4. The average molecular weight is 324 g/mol. The van der Waals surface area contributed by atoms with Crippen LogP contribution in [-0.2, 0) is 16.6 Å². The van der Waals surface area contributed by atoms with Crippen molar-refractivity contribution in [1.29, 1.82) is 0 Å². The topological polar surface area (TPSA) is 58.2 Å². The Kier molecular flexibility index (Phi) is 7.07. The molecule has 0 aromatic heterocycles. The SMILES string of the molecule is CCC(CC)(CC)NC(=O)Nc1cccc(C[S@@](C)=O)c1C. The summed E-state index contributed by atoms with van der Waals surface area (Å²) in [6, 6.07) is 5.54. The second-order valence-electron chi connectivity index (χ2n) is 5.73. The van der Waals surface area contributed by atoms with Crippen molar-refractivity contribution in [2.45, 2.75) is 58.2 Å². The number of carbonyl (C=O) groups is 1. The van der Waals surface area contributed by atoms with Gasteiger partial charge in [-0.25, -0.2) is 4.79 Å². The lowest BCUT2D eigenvalue weighted by atomic mass is 9.90. The molecule has 124 valence electrons. The number of nitrogens with one attached hydrogen (secondary N) is 2. The molecule has 0 aliphatic carbocycles. The van der Waals surface area contributed by atoms with Crippen molar-refractivity contribution in [3.05, 3.63) is 29.3 Å². The van der Waals surface area contributed by atoms with Crippen LogP contribution >= 0.6 is 0 Å². The van der Waals surface area contributed by atoms with Crippen LogP contribution in [0.2, 0.25) is 0 Å². The molecular weight excluding hydrogens is 296 g/mol. The van der Waals surface area contributed by atoms with Crippen LogP contribution < -0.4 is 10.6 Å². The smallest absolute Gasteiger partial charge is 0.319 e. The fourth-order valence-corrected chi connectivity index (χ4v) is 3.35. The van der Waals surface area contributed by atoms with Crippen LogP contribution in [-0.4, -0.2) is 22.0 Å². The van der Waals surface area contributed by atoms with Crippen LogP contribution in [0.25, 0.3) is 0 Å². The number of hydrogen-bond donors (Lipinski definition) is 2. The van der Waals surface area contributed by atoms with Crippen molar-refractivity contribution in [2.75, 3.05) is 11.6 Å². The van der Waals surface area contributed by atoms with E-state index in [9.17, 15) is 9.00 Å². The van der Waals surface area contributed by atoms with Gasteiger partial charge in [-0.1, -0.05) is 32.9 Å². The molecule has 2 amide bonds. The highest BCUT2D eigenvalue weighted by Gasteiger charge is 2.25. The second-order valence-corrected chi connectivity index (χ2v) is 7.16. The van der Waals surface area contributed by atoms with Gasteiger partial charge in [-0.2, -0.15) is 0 Å². The molecule has 0 heterocycles. The fourth-order valence-electron chi connectivity index (χ4n) is 2.60. The standard InChI is InChI=1S/C17H28N2O2S/c1-6-17(7-2,8-3)19-16(20)18-15-11-9-10-14(13(15)4)12-22(5)21/h9-11H,6-8,12H2,1-5H3,(H2,18,19,20)/t22-/m1/s1. The zero-order chi connectivity index (χ0) is 16.8. The molecule has 4 nitrogen and oxygen atoms in total. The molecule has 22 heavy (non-hydrogen) atoms. The molecule has 0 aliphatic rings. The lowest BCUT2D eigenvalue weighted by Gasteiger charge is -2.31. The molecule has 0 spiro atoms. The van der Waals surface area contributed by atoms with E-state index in [0.29, 0.717) is 5.75 Å². The lowest BCUT2D eigenvalue weighted by molar-refractivity contribution is 0.229. The van der Waals surface area contributed by atoms with Crippen molar-refractivity contribution in [2.24, 2.45) is 0 Å². The third-order valence-electron chi connectivity index (χ3n) is 4.46. The van der Waals surface area contributed by atoms with Gasteiger partial charge >= 0.3 is 6.03 Å². The Hall–Kier alpha value is -1.36. The summed E-state index contributed by atoms with van der Waals surface area (Å²) in [5.41, 5.74) is 2.60. The molecule has 0 unspecified atom stereocenters. The highest BCUT2D eigenvalue weighted by atomic mass is 32.2. The molecule has 0 saturated carbocycles. The van der Waals surface area contributed by atoms with Crippen LogP contribution in [0.1, 0.15) is 51.2 Å². The third kappa shape index (κ3) is 4.83. The van der Waals surface area contributed by atoms with Crippen molar-refractivity contribution in [1.82, 2.24) is 5.32 Å². The van der Waals surface area contributed by atoms with Gasteiger partial charge in [0.2, 0.25) is 0 Å². The van der Waals surface area contributed by atoms with Crippen molar-refractivity contribution < 1.29 is 9.00 Å². The predicted octanol–water partition coefficient (Wildman–Crippen LogP) is 3.96. The molecule has 0 fully saturated rings. The summed E-state index contributed by atoms with van der Waals surface area (Å²) < 4.78 is 11.4. The van der Waals surface area contributed by atoms with E-state index in [4.69, 9.17) is 0 Å². The maximum atomic E-state index is 12.3. The maximum absolute atomic E-state index is 12.3. The Balaban J connectivity index is 2.86. The normalized spacial score (nSPS) is 12.8. The number of benzene rings is 1. The van der Waals surface area contributed by atoms with Crippen molar-refractivity contribution in [3.63, 3.8) is 0 Å². The van der Waals surface area contributed by atoms with Gasteiger partial charge in [-0.05, 0) is 43.4 Å². The first-order valence-corrected chi connectivity index (χ1v) is 9.57. The number of amides is 2. The number of urea groups is 1. The van der Waals surface area contributed by atoms with E-state index in [1.807, 2.05) is 25.1 Å². The molecular formula is C17H28N2O2S. The van der Waals surface area contributed by atoms with E-state index in [1.54, 1.807) is 6.26 Å². The highest BCUT2D eigenvalue weighted by Crippen LogP contribution is 2.22. The molecule has 0 saturated heterocycles. The van der Waals surface area contributed by atoms with Gasteiger partial charge in [-0.3, -0.25) is 4.21 Å². The van der Waals surface area contributed by atoms with Crippen molar-refractivity contribution in [3.8, 4) is 0 Å². The molecule has 0 bridgehead atoms. The van der Waals surface area contributed by atoms with E-state index in [1.165, 1.54) is 0 Å². The molecule has 1 aromatic carbocycles. The molecule has 0 radical (unpaired) electrons.